The highest BCUT2D eigenvalue weighted by molar-refractivity contribution is 5.97. The van der Waals surface area contributed by atoms with Crippen LogP contribution < -0.4 is 0 Å². The lowest BCUT2D eigenvalue weighted by atomic mass is 10.1. The van der Waals surface area contributed by atoms with Crippen molar-refractivity contribution in [3.63, 3.8) is 0 Å². The van der Waals surface area contributed by atoms with E-state index in [1.165, 1.54) is 12.1 Å². The first-order valence-electron chi connectivity index (χ1n) is 5.99. The lowest BCUT2D eigenvalue weighted by Crippen LogP contribution is -2.02. The molecule has 0 unspecified atom stereocenters. The molecule has 3 rings (SSSR count). The Morgan fingerprint density at radius 1 is 1.11 bits per heavy atom. The first-order valence-corrected chi connectivity index (χ1v) is 5.99. The molecule has 1 N–H and O–H groups in total. The molecule has 1 heterocycles. The second-order valence-electron chi connectivity index (χ2n) is 4.31. The Bertz CT molecular complexity index is 625. The second-order valence-corrected chi connectivity index (χ2v) is 4.31. The second kappa shape index (κ2) is 4.72. The quantitative estimate of drug-likeness (QED) is 0.898. The molecule has 0 bridgehead atoms. The minimum absolute atomic E-state index is 0.112. The number of phenolic OH excluding ortho intramolecular Hbond substituents is 1. The van der Waals surface area contributed by atoms with E-state index in [-0.39, 0.29) is 11.9 Å². The van der Waals surface area contributed by atoms with Gasteiger partial charge in [-0.1, -0.05) is 36.4 Å². The van der Waals surface area contributed by atoms with Crippen LogP contribution in [0, 0.1) is 5.82 Å². The highest BCUT2D eigenvalue weighted by atomic mass is 19.1. The zero-order valence-electron chi connectivity index (χ0n) is 10.1. The summed E-state index contributed by atoms with van der Waals surface area (Å²) in [5, 5.41) is 9.68. The maximum Gasteiger partial charge on any atom is 0.220 e. The summed E-state index contributed by atoms with van der Waals surface area (Å²) in [7, 11) is 0. The molecule has 0 saturated heterocycles. The molecule has 0 aliphatic carbocycles. The third-order valence-corrected chi connectivity index (χ3v) is 3.05. The Kier molecular flexibility index (Phi) is 2.91. The van der Waals surface area contributed by atoms with Gasteiger partial charge in [0.25, 0.3) is 0 Å². The molecule has 96 valence electrons. The van der Waals surface area contributed by atoms with Gasteiger partial charge in [0.05, 0.1) is 5.56 Å². The highest BCUT2D eigenvalue weighted by Crippen LogP contribution is 2.29. The number of hydrogen-bond donors (Lipinski definition) is 1. The number of ether oxygens (including phenoxy) is 1. The van der Waals surface area contributed by atoms with Crippen LogP contribution in [0.1, 0.15) is 17.2 Å². The first-order chi connectivity index (χ1) is 9.25. The van der Waals surface area contributed by atoms with Crippen LogP contribution in [0.4, 0.5) is 4.39 Å². The molecule has 1 aliphatic heterocycles. The van der Waals surface area contributed by atoms with E-state index in [1.807, 2.05) is 30.3 Å². The Hall–Kier alpha value is -2.36. The number of rotatable bonds is 2. The number of phenols is 1. The fraction of sp³-hybridized carbons (Fsp3) is 0.133. The fourth-order valence-electron chi connectivity index (χ4n) is 2.06. The summed E-state index contributed by atoms with van der Waals surface area (Å²) in [6.07, 6.45) is 0. The van der Waals surface area contributed by atoms with Gasteiger partial charge in [0.1, 0.15) is 12.6 Å². The van der Waals surface area contributed by atoms with Crippen LogP contribution >= 0.6 is 0 Å². The molecule has 2 aromatic rings. The van der Waals surface area contributed by atoms with Crippen molar-refractivity contribution in [2.24, 2.45) is 4.99 Å². The van der Waals surface area contributed by atoms with Crippen molar-refractivity contribution < 1.29 is 14.2 Å². The van der Waals surface area contributed by atoms with Crippen molar-refractivity contribution in [1.29, 1.82) is 0 Å². The van der Waals surface area contributed by atoms with E-state index >= 15 is 0 Å². The van der Waals surface area contributed by atoms with Gasteiger partial charge in [0.2, 0.25) is 5.90 Å². The molecule has 0 saturated carbocycles. The van der Waals surface area contributed by atoms with Crippen molar-refractivity contribution in [2.45, 2.75) is 6.04 Å². The van der Waals surface area contributed by atoms with E-state index in [0.29, 0.717) is 12.2 Å². The Balaban J connectivity index is 1.94. The lowest BCUT2D eigenvalue weighted by molar-refractivity contribution is 0.318. The van der Waals surface area contributed by atoms with E-state index in [4.69, 9.17) is 4.74 Å². The molecular weight excluding hydrogens is 245 g/mol. The van der Waals surface area contributed by atoms with Gasteiger partial charge in [0, 0.05) is 0 Å². The number of halogens is 1. The van der Waals surface area contributed by atoms with Gasteiger partial charge in [0.15, 0.2) is 11.6 Å². The number of para-hydroxylation sites is 1. The Morgan fingerprint density at radius 2 is 1.89 bits per heavy atom. The minimum Gasteiger partial charge on any atom is -0.504 e. The molecule has 0 fully saturated rings. The third-order valence-electron chi connectivity index (χ3n) is 3.05. The van der Waals surface area contributed by atoms with Crippen LogP contribution in [0.2, 0.25) is 0 Å². The third kappa shape index (κ3) is 2.17. The number of benzene rings is 2. The molecule has 19 heavy (non-hydrogen) atoms. The smallest absolute Gasteiger partial charge is 0.220 e. The van der Waals surface area contributed by atoms with Gasteiger partial charge in [-0.15, -0.1) is 0 Å². The largest absolute Gasteiger partial charge is 0.504 e. The maximum absolute atomic E-state index is 13.3. The average molecular weight is 257 g/mol. The topological polar surface area (TPSA) is 41.8 Å². The summed E-state index contributed by atoms with van der Waals surface area (Å²) in [5.41, 5.74) is 1.33. The number of aliphatic imine (C=N–C) groups is 1. The molecule has 0 amide bonds. The molecule has 4 heteroatoms. The molecule has 1 atom stereocenters. The van der Waals surface area contributed by atoms with Crippen LogP contribution in [-0.2, 0) is 4.74 Å². The maximum atomic E-state index is 13.3. The van der Waals surface area contributed by atoms with Gasteiger partial charge in [-0.05, 0) is 17.7 Å². The standard InChI is InChI=1S/C15H12FNO2/c16-12-8-4-7-11(14(12)18)15-17-13(9-19-15)10-5-2-1-3-6-10/h1-8,13,18H,9H2/t13-/m1/s1. The van der Waals surface area contributed by atoms with Crippen molar-refractivity contribution in [3.05, 3.63) is 65.5 Å². The summed E-state index contributed by atoms with van der Waals surface area (Å²) in [5.74, 6) is -0.812. The van der Waals surface area contributed by atoms with Gasteiger partial charge in [-0.2, -0.15) is 0 Å². The van der Waals surface area contributed by atoms with Gasteiger partial charge in [-0.3, -0.25) is 0 Å². The van der Waals surface area contributed by atoms with Crippen LogP contribution in [0.25, 0.3) is 0 Å². The van der Waals surface area contributed by atoms with Crippen molar-refractivity contribution >= 4 is 5.90 Å². The van der Waals surface area contributed by atoms with E-state index in [9.17, 15) is 9.50 Å². The van der Waals surface area contributed by atoms with Crippen LogP contribution in [0.15, 0.2) is 53.5 Å². The minimum atomic E-state index is -0.674. The summed E-state index contributed by atoms with van der Waals surface area (Å²) in [4.78, 5) is 4.40. The predicted molar refractivity (Wildman–Crippen MR) is 69.7 cm³/mol. The van der Waals surface area contributed by atoms with E-state index in [2.05, 4.69) is 4.99 Å². The lowest BCUT2D eigenvalue weighted by Gasteiger charge is -2.04. The monoisotopic (exact) mass is 257 g/mol. The van der Waals surface area contributed by atoms with Gasteiger partial charge < -0.3 is 9.84 Å². The zero-order chi connectivity index (χ0) is 13.2. The molecule has 2 aromatic carbocycles. The van der Waals surface area contributed by atoms with Crippen molar-refractivity contribution in [2.75, 3.05) is 6.61 Å². The van der Waals surface area contributed by atoms with Gasteiger partial charge >= 0.3 is 0 Å². The summed E-state index contributed by atoms with van der Waals surface area (Å²) >= 11 is 0. The Labute approximate surface area is 110 Å². The van der Waals surface area contributed by atoms with E-state index < -0.39 is 11.6 Å². The van der Waals surface area contributed by atoms with E-state index in [1.54, 1.807) is 6.07 Å². The summed E-state index contributed by atoms with van der Waals surface area (Å²) in [6.45, 7) is 0.398. The first kappa shape index (κ1) is 11.7. The van der Waals surface area contributed by atoms with Crippen LogP contribution in [0.5, 0.6) is 5.75 Å². The molecule has 3 nitrogen and oxygen atoms in total. The van der Waals surface area contributed by atoms with Crippen molar-refractivity contribution in [1.82, 2.24) is 0 Å². The molecule has 1 aliphatic rings. The summed E-state index contributed by atoms with van der Waals surface area (Å²) in [6, 6.07) is 13.9. The van der Waals surface area contributed by atoms with E-state index in [0.717, 1.165) is 5.56 Å². The van der Waals surface area contributed by atoms with Crippen LogP contribution in [0.3, 0.4) is 0 Å². The molecular formula is C15H12FNO2. The molecule has 0 radical (unpaired) electrons. The number of hydrogen-bond acceptors (Lipinski definition) is 3. The fourth-order valence-corrected chi connectivity index (χ4v) is 2.06. The van der Waals surface area contributed by atoms with Crippen molar-refractivity contribution in [3.8, 4) is 5.75 Å². The average Bonchev–Trinajstić information content (AvgIpc) is 2.92. The Morgan fingerprint density at radius 3 is 2.68 bits per heavy atom. The highest BCUT2D eigenvalue weighted by Gasteiger charge is 2.24. The SMILES string of the molecule is Oc1c(F)cccc1C1=N[C@@H](c2ccccc2)CO1. The van der Waals surface area contributed by atoms with Crippen LogP contribution in [-0.4, -0.2) is 17.6 Å². The normalized spacial score (nSPS) is 17.9. The number of aromatic hydroxyl groups is 1. The van der Waals surface area contributed by atoms with Gasteiger partial charge in [-0.25, -0.2) is 9.38 Å². The zero-order valence-corrected chi connectivity index (χ0v) is 10.1. The summed E-state index contributed by atoms with van der Waals surface area (Å²) < 4.78 is 18.8. The predicted octanol–water partition coefficient (Wildman–Crippen LogP) is 3.05. The molecule has 0 aromatic heterocycles. The molecule has 0 spiro atoms. The number of nitrogens with zero attached hydrogens (tertiary/aromatic N) is 1.